The van der Waals surface area contributed by atoms with E-state index in [0.29, 0.717) is 31.5 Å². The minimum absolute atomic E-state index is 0.169. The molecule has 1 aliphatic heterocycles. The molecule has 4 nitrogen and oxygen atoms in total. The number of aliphatic hydroxyl groups excluding tert-OH is 2. The van der Waals surface area contributed by atoms with Crippen LogP contribution in [0.15, 0.2) is 12.2 Å². The molecule has 0 amide bonds. The third-order valence-corrected chi connectivity index (χ3v) is 4.46. The van der Waals surface area contributed by atoms with E-state index in [1.807, 2.05) is 12.2 Å². The molecule has 2 saturated carbocycles. The molecule has 1 heterocycles. The van der Waals surface area contributed by atoms with Gasteiger partial charge in [0.15, 0.2) is 5.79 Å². The van der Waals surface area contributed by atoms with Crippen LogP contribution in [0, 0.1) is 17.8 Å². The van der Waals surface area contributed by atoms with Crippen molar-refractivity contribution < 1.29 is 19.7 Å². The van der Waals surface area contributed by atoms with Crippen LogP contribution in [-0.2, 0) is 9.47 Å². The monoisotopic (exact) mass is 240 g/mol. The zero-order valence-corrected chi connectivity index (χ0v) is 9.92. The first kappa shape index (κ1) is 11.7. The lowest BCUT2D eigenvalue weighted by Gasteiger charge is -2.48. The van der Waals surface area contributed by atoms with Crippen molar-refractivity contribution in [3.05, 3.63) is 12.2 Å². The number of hydrogen-bond donors (Lipinski definition) is 2. The Morgan fingerprint density at radius 1 is 1.29 bits per heavy atom. The van der Waals surface area contributed by atoms with Gasteiger partial charge in [0.05, 0.1) is 19.3 Å². The van der Waals surface area contributed by atoms with Gasteiger partial charge in [0.2, 0.25) is 0 Å². The van der Waals surface area contributed by atoms with E-state index in [9.17, 15) is 5.11 Å². The van der Waals surface area contributed by atoms with Crippen LogP contribution < -0.4 is 0 Å². The molecule has 0 aromatic rings. The Labute approximate surface area is 101 Å². The maximum absolute atomic E-state index is 10.2. The Hall–Kier alpha value is -0.420. The first-order valence-corrected chi connectivity index (χ1v) is 6.50. The summed E-state index contributed by atoms with van der Waals surface area (Å²) in [6.45, 7) is 1.54. The lowest BCUT2D eigenvalue weighted by Crippen LogP contribution is -2.54. The van der Waals surface area contributed by atoms with Crippen molar-refractivity contribution in [2.75, 3.05) is 19.8 Å². The molecule has 1 unspecified atom stereocenters. The van der Waals surface area contributed by atoms with Crippen LogP contribution in [0.25, 0.3) is 0 Å². The highest BCUT2D eigenvalue weighted by Gasteiger charge is 2.64. The molecule has 4 heteroatoms. The van der Waals surface area contributed by atoms with Crippen molar-refractivity contribution in [3.8, 4) is 0 Å². The molecular weight excluding hydrogens is 220 g/mol. The van der Waals surface area contributed by atoms with Gasteiger partial charge in [-0.15, -0.1) is 0 Å². The molecule has 3 fully saturated rings. The molecule has 17 heavy (non-hydrogen) atoms. The van der Waals surface area contributed by atoms with Crippen molar-refractivity contribution in [1.82, 2.24) is 0 Å². The summed E-state index contributed by atoms with van der Waals surface area (Å²) in [6, 6.07) is 0. The molecule has 1 saturated heterocycles. The molecule has 2 N–H and O–H groups in total. The van der Waals surface area contributed by atoms with Gasteiger partial charge in [0, 0.05) is 24.9 Å². The lowest BCUT2D eigenvalue weighted by molar-refractivity contribution is -0.275. The maximum atomic E-state index is 10.2. The fourth-order valence-corrected chi connectivity index (χ4v) is 3.59. The minimum atomic E-state index is -0.370. The molecule has 3 rings (SSSR count). The van der Waals surface area contributed by atoms with E-state index in [1.54, 1.807) is 0 Å². The predicted molar refractivity (Wildman–Crippen MR) is 61.2 cm³/mol. The highest BCUT2D eigenvalue weighted by Crippen LogP contribution is 2.59. The predicted octanol–water partition coefficient (Wildman–Crippen LogP) is 0.685. The van der Waals surface area contributed by atoms with Gasteiger partial charge in [-0.2, -0.15) is 0 Å². The molecule has 96 valence electrons. The van der Waals surface area contributed by atoms with Gasteiger partial charge in [-0.05, 0) is 18.8 Å². The van der Waals surface area contributed by atoms with Gasteiger partial charge in [0.1, 0.15) is 0 Å². The van der Waals surface area contributed by atoms with Gasteiger partial charge >= 0.3 is 0 Å². The topological polar surface area (TPSA) is 58.9 Å². The second-order valence-electron chi connectivity index (χ2n) is 5.31. The van der Waals surface area contributed by atoms with Crippen LogP contribution in [0.1, 0.15) is 19.3 Å². The average molecular weight is 240 g/mol. The molecule has 0 aromatic carbocycles. The zero-order valence-electron chi connectivity index (χ0n) is 9.92. The smallest absolute Gasteiger partial charge is 0.172 e. The van der Waals surface area contributed by atoms with Crippen molar-refractivity contribution in [2.45, 2.75) is 31.2 Å². The minimum Gasteiger partial charge on any atom is -0.396 e. The fourth-order valence-electron chi connectivity index (χ4n) is 3.59. The van der Waals surface area contributed by atoms with Crippen LogP contribution in [0.3, 0.4) is 0 Å². The van der Waals surface area contributed by atoms with E-state index in [1.165, 1.54) is 0 Å². The van der Waals surface area contributed by atoms with Crippen LogP contribution in [0.4, 0.5) is 0 Å². The second-order valence-corrected chi connectivity index (χ2v) is 5.31. The molecule has 4 atom stereocenters. The molecule has 0 bridgehead atoms. The molecule has 2 aliphatic carbocycles. The summed E-state index contributed by atoms with van der Waals surface area (Å²) >= 11 is 0. The number of hydrogen-bond acceptors (Lipinski definition) is 4. The van der Waals surface area contributed by atoms with E-state index in [4.69, 9.17) is 14.6 Å². The third kappa shape index (κ3) is 1.74. The van der Waals surface area contributed by atoms with Gasteiger partial charge in [-0.25, -0.2) is 0 Å². The SMILES string of the molecule is OCCC=C[C@@H]1C[C@H]2[C@@H](CC23OCCO3)C1O. The zero-order chi connectivity index (χ0) is 11.9. The van der Waals surface area contributed by atoms with Crippen molar-refractivity contribution in [2.24, 2.45) is 17.8 Å². The normalized spacial score (nSPS) is 43.2. The average Bonchev–Trinajstić information content (AvgIpc) is 2.88. The van der Waals surface area contributed by atoms with Crippen LogP contribution in [0.5, 0.6) is 0 Å². The molecule has 0 radical (unpaired) electrons. The maximum Gasteiger partial charge on any atom is 0.172 e. The molecule has 0 aromatic heterocycles. The number of aliphatic hydroxyl groups is 2. The first-order valence-electron chi connectivity index (χ1n) is 6.50. The van der Waals surface area contributed by atoms with E-state index < -0.39 is 0 Å². The summed E-state index contributed by atoms with van der Waals surface area (Å²) in [6.07, 6.45) is 6.17. The quantitative estimate of drug-likeness (QED) is 0.712. The van der Waals surface area contributed by atoms with Gasteiger partial charge in [0.25, 0.3) is 0 Å². The summed E-state index contributed by atoms with van der Waals surface area (Å²) in [4.78, 5) is 0. The largest absolute Gasteiger partial charge is 0.396 e. The lowest BCUT2D eigenvalue weighted by atomic mass is 9.69. The highest BCUT2D eigenvalue weighted by atomic mass is 16.7. The fraction of sp³-hybridized carbons (Fsp3) is 0.846. The summed E-state index contributed by atoms with van der Waals surface area (Å²) in [5.41, 5.74) is 0. The van der Waals surface area contributed by atoms with Gasteiger partial charge in [-0.3, -0.25) is 0 Å². The molecule has 1 spiro atoms. The van der Waals surface area contributed by atoms with Crippen molar-refractivity contribution >= 4 is 0 Å². The molecule has 3 aliphatic rings. The Bertz CT molecular complexity index is 309. The van der Waals surface area contributed by atoms with Gasteiger partial charge in [-0.1, -0.05) is 12.2 Å². The Balaban J connectivity index is 1.64. The van der Waals surface area contributed by atoms with Gasteiger partial charge < -0.3 is 19.7 Å². The summed E-state index contributed by atoms with van der Waals surface area (Å²) in [5, 5.41) is 18.9. The first-order chi connectivity index (χ1) is 8.27. The number of fused-ring (bicyclic) bond motifs is 2. The highest BCUT2D eigenvalue weighted by molar-refractivity contribution is 5.12. The third-order valence-electron chi connectivity index (χ3n) is 4.46. The molecular formula is C13H20O4. The van der Waals surface area contributed by atoms with Crippen LogP contribution >= 0.6 is 0 Å². The second kappa shape index (κ2) is 4.35. The Morgan fingerprint density at radius 3 is 2.76 bits per heavy atom. The summed E-state index contributed by atoms with van der Waals surface area (Å²) in [5.74, 6) is 0.509. The summed E-state index contributed by atoms with van der Waals surface area (Å²) in [7, 11) is 0. The van der Waals surface area contributed by atoms with Crippen LogP contribution in [-0.4, -0.2) is 41.9 Å². The number of ether oxygens (including phenoxy) is 2. The van der Waals surface area contributed by atoms with E-state index in [2.05, 4.69) is 0 Å². The van der Waals surface area contributed by atoms with Crippen LogP contribution in [0.2, 0.25) is 0 Å². The van der Waals surface area contributed by atoms with E-state index in [0.717, 1.165) is 12.8 Å². The van der Waals surface area contributed by atoms with E-state index in [-0.39, 0.29) is 24.4 Å². The Morgan fingerprint density at radius 2 is 2.06 bits per heavy atom. The van der Waals surface area contributed by atoms with Crippen molar-refractivity contribution in [3.63, 3.8) is 0 Å². The summed E-state index contributed by atoms with van der Waals surface area (Å²) < 4.78 is 11.4. The Kier molecular flexibility index (Phi) is 2.99. The number of rotatable bonds is 3. The van der Waals surface area contributed by atoms with Crippen molar-refractivity contribution in [1.29, 1.82) is 0 Å². The standard InChI is InChI=1S/C13H20O4/c14-4-2-1-3-9-7-11-10(12(9)15)8-13(11)16-5-6-17-13/h1,3,9-12,14-15H,2,4-8H2/t9-,10-,11+,12?/m1/s1. The van der Waals surface area contributed by atoms with E-state index >= 15 is 0 Å².